The van der Waals surface area contributed by atoms with Gasteiger partial charge in [0.1, 0.15) is 0 Å². The van der Waals surface area contributed by atoms with E-state index in [1.807, 2.05) is 60.7 Å². The fourth-order valence-electron chi connectivity index (χ4n) is 0.642. The summed E-state index contributed by atoms with van der Waals surface area (Å²) in [6.07, 6.45) is 0. The van der Waals surface area contributed by atoms with Crippen LogP contribution in [0.25, 0.3) is 0 Å². The van der Waals surface area contributed by atoms with E-state index in [2.05, 4.69) is 0 Å². The standard InChI is InChI=1S/2C5H5.Pt/c2*1-2-4-5-3-1;/h2*1-5H;/q2*-1;+2. The molecule has 0 atom stereocenters. The monoisotopic (exact) mass is 325 g/mol. The summed E-state index contributed by atoms with van der Waals surface area (Å²) in [6, 6.07) is 20.0. The first-order chi connectivity index (χ1) is 5.00. The average molecular weight is 325 g/mol. The Morgan fingerprint density at radius 2 is 0.818 bits per heavy atom. The van der Waals surface area contributed by atoms with Crippen LogP contribution in [-0.4, -0.2) is 0 Å². The quantitative estimate of drug-likeness (QED) is 0.654. The SMILES string of the molecule is [Pt+2].c1cc[cH-]c1.c1cc[cH-]c1. The first-order valence-electron chi connectivity index (χ1n) is 3.33. The molecule has 0 nitrogen and oxygen atoms in total. The molecular formula is C10H10Pt. The summed E-state index contributed by atoms with van der Waals surface area (Å²) in [4.78, 5) is 0. The molecule has 0 fully saturated rings. The van der Waals surface area contributed by atoms with Crippen LogP contribution in [0.2, 0.25) is 0 Å². The Kier molecular flexibility index (Phi) is 7.08. The minimum atomic E-state index is 0. The summed E-state index contributed by atoms with van der Waals surface area (Å²) >= 11 is 0. The van der Waals surface area contributed by atoms with Crippen LogP contribution >= 0.6 is 0 Å². The molecule has 0 aliphatic rings. The molecule has 0 saturated carbocycles. The second kappa shape index (κ2) is 7.49. The smallest absolute Gasteiger partial charge is 0.214 e. The molecule has 0 radical (unpaired) electrons. The molecule has 60 valence electrons. The van der Waals surface area contributed by atoms with Crippen molar-refractivity contribution in [3.63, 3.8) is 0 Å². The van der Waals surface area contributed by atoms with Gasteiger partial charge in [-0.05, 0) is 0 Å². The van der Waals surface area contributed by atoms with Gasteiger partial charge in [-0.3, -0.25) is 0 Å². The van der Waals surface area contributed by atoms with Crippen molar-refractivity contribution in [3.05, 3.63) is 60.7 Å². The van der Waals surface area contributed by atoms with Crippen molar-refractivity contribution in [2.75, 3.05) is 0 Å². The van der Waals surface area contributed by atoms with Gasteiger partial charge in [-0.15, -0.1) is 0 Å². The minimum Gasteiger partial charge on any atom is -0.214 e. The van der Waals surface area contributed by atoms with Gasteiger partial charge in [0.05, 0.1) is 0 Å². The third-order valence-electron chi connectivity index (χ3n) is 1.11. The van der Waals surface area contributed by atoms with E-state index in [4.69, 9.17) is 0 Å². The number of hydrogen-bond donors (Lipinski definition) is 0. The van der Waals surface area contributed by atoms with Gasteiger partial charge in [0.15, 0.2) is 0 Å². The molecule has 0 aromatic heterocycles. The molecule has 0 bridgehead atoms. The predicted octanol–water partition coefficient (Wildman–Crippen LogP) is 2.81. The fourth-order valence-corrected chi connectivity index (χ4v) is 0.642. The van der Waals surface area contributed by atoms with Crippen LogP contribution in [-0.2, 0) is 21.1 Å². The van der Waals surface area contributed by atoms with Crippen molar-refractivity contribution in [1.82, 2.24) is 0 Å². The summed E-state index contributed by atoms with van der Waals surface area (Å²) in [7, 11) is 0. The molecule has 2 aromatic rings. The van der Waals surface area contributed by atoms with Crippen molar-refractivity contribution < 1.29 is 21.1 Å². The summed E-state index contributed by atoms with van der Waals surface area (Å²) in [6.45, 7) is 0. The maximum atomic E-state index is 2.00. The topological polar surface area (TPSA) is 0 Å². The van der Waals surface area contributed by atoms with Gasteiger partial charge in [0.2, 0.25) is 0 Å². The zero-order valence-electron chi connectivity index (χ0n) is 6.09. The zero-order valence-corrected chi connectivity index (χ0v) is 8.36. The molecule has 0 saturated heterocycles. The molecule has 0 spiro atoms. The molecule has 2 rings (SSSR count). The normalized spacial score (nSPS) is 7.27. The Bertz CT molecular complexity index is 144. The minimum absolute atomic E-state index is 0. The molecular weight excluding hydrogens is 315 g/mol. The van der Waals surface area contributed by atoms with E-state index in [1.54, 1.807) is 0 Å². The van der Waals surface area contributed by atoms with Crippen LogP contribution in [0.15, 0.2) is 60.7 Å². The van der Waals surface area contributed by atoms with Gasteiger partial charge in [0.25, 0.3) is 0 Å². The summed E-state index contributed by atoms with van der Waals surface area (Å²) < 4.78 is 0. The largest absolute Gasteiger partial charge is 2.00 e. The molecule has 0 amide bonds. The van der Waals surface area contributed by atoms with Crippen molar-refractivity contribution in [3.8, 4) is 0 Å². The van der Waals surface area contributed by atoms with Gasteiger partial charge >= 0.3 is 21.1 Å². The van der Waals surface area contributed by atoms with Crippen LogP contribution in [0, 0.1) is 0 Å². The van der Waals surface area contributed by atoms with E-state index in [1.165, 1.54) is 0 Å². The van der Waals surface area contributed by atoms with Crippen molar-refractivity contribution in [2.24, 2.45) is 0 Å². The van der Waals surface area contributed by atoms with E-state index in [-0.39, 0.29) is 21.1 Å². The first-order valence-corrected chi connectivity index (χ1v) is 3.33. The maximum absolute atomic E-state index is 2.00. The summed E-state index contributed by atoms with van der Waals surface area (Å²) in [5.74, 6) is 0. The number of rotatable bonds is 0. The molecule has 1 heteroatoms. The second-order valence-electron chi connectivity index (χ2n) is 1.92. The van der Waals surface area contributed by atoms with E-state index in [0.29, 0.717) is 0 Å². The maximum Gasteiger partial charge on any atom is 2.00 e. The Morgan fingerprint density at radius 1 is 0.545 bits per heavy atom. The Hall–Kier alpha value is -0.612. The third kappa shape index (κ3) is 5.81. The molecule has 0 aliphatic heterocycles. The molecule has 0 unspecified atom stereocenters. The molecule has 0 aliphatic carbocycles. The first kappa shape index (κ1) is 10.4. The summed E-state index contributed by atoms with van der Waals surface area (Å²) in [5.41, 5.74) is 0. The summed E-state index contributed by atoms with van der Waals surface area (Å²) in [5, 5.41) is 0. The van der Waals surface area contributed by atoms with Crippen LogP contribution in [0.5, 0.6) is 0 Å². The van der Waals surface area contributed by atoms with Gasteiger partial charge < -0.3 is 0 Å². The van der Waals surface area contributed by atoms with Crippen LogP contribution < -0.4 is 0 Å². The zero-order chi connectivity index (χ0) is 7.07. The van der Waals surface area contributed by atoms with Crippen LogP contribution in [0.4, 0.5) is 0 Å². The predicted molar refractivity (Wildman–Crippen MR) is 44.1 cm³/mol. The van der Waals surface area contributed by atoms with E-state index in [0.717, 1.165) is 0 Å². The Morgan fingerprint density at radius 3 is 0.909 bits per heavy atom. The van der Waals surface area contributed by atoms with Gasteiger partial charge in [-0.2, -0.15) is 36.4 Å². The van der Waals surface area contributed by atoms with E-state index in [9.17, 15) is 0 Å². The van der Waals surface area contributed by atoms with Gasteiger partial charge in [-0.25, -0.2) is 24.3 Å². The Balaban J connectivity index is 0.000000167. The molecule has 0 heterocycles. The third-order valence-corrected chi connectivity index (χ3v) is 1.11. The van der Waals surface area contributed by atoms with Gasteiger partial charge in [0, 0.05) is 0 Å². The van der Waals surface area contributed by atoms with E-state index >= 15 is 0 Å². The van der Waals surface area contributed by atoms with Crippen molar-refractivity contribution >= 4 is 0 Å². The van der Waals surface area contributed by atoms with Crippen molar-refractivity contribution in [2.45, 2.75) is 0 Å². The molecule has 2 aromatic carbocycles. The fraction of sp³-hybridized carbons (Fsp3) is 0. The molecule has 0 N–H and O–H groups in total. The second-order valence-corrected chi connectivity index (χ2v) is 1.92. The van der Waals surface area contributed by atoms with Crippen LogP contribution in [0.1, 0.15) is 0 Å². The van der Waals surface area contributed by atoms with Gasteiger partial charge in [-0.1, -0.05) is 0 Å². The average Bonchev–Trinajstić information content (AvgIpc) is 2.67. The number of hydrogen-bond acceptors (Lipinski definition) is 0. The molecule has 11 heavy (non-hydrogen) atoms. The van der Waals surface area contributed by atoms with E-state index < -0.39 is 0 Å². The van der Waals surface area contributed by atoms with Crippen LogP contribution in [0.3, 0.4) is 0 Å². The van der Waals surface area contributed by atoms with Crippen molar-refractivity contribution in [1.29, 1.82) is 0 Å². The Labute approximate surface area is 81.9 Å².